The van der Waals surface area contributed by atoms with E-state index < -0.39 is 28.4 Å². The fourth-order valence-corrected chi connectivity index (χ4v) is 5.76. The van der Waals surface area contributed by atoms with Crippen LogP contribution in [0.5, 0.6) is 0 Å². The molecule has 0 saturated carbocycles. The van der Waals surface area contributed by atoms with Crippen LogP contribution >= 0.6 is 11.8 Å². The number of thioether (sulfide) groups is 1. The van der Waals surface area contributed by atoms with E-state index in [0.717, 1.165) is 12.1 Å². The number of carbonyl (C=O) groups is 2. The van der Waals surface area contributed by atoms with Gasteiger partial charge >= 0.3 is 6.03 Å². The topological polar surface area (TPSA) is 52.7 Å². The monoisotopic (exact) mass is 469 g/mol. The van der Waals surface area contributed by atoms with Crippen LogP contribution in [0.15, 0.2) is 66.7 Å². The molecule has 1 fully saturated rings. The van der Waals surface area contributed by atoms with Crippen molar-refractivity contribution in [2.75, 3.05) is 22.5 Å². The number of benzene rings is 3. The second-order valence-corrected chi connectivity index (χ2v) is 9.03. The van der Waals surface area contributed by atoms with Gasteiger partial charge in [0.25, 0.3) is 5.91 Å². The van der Waals surface area contributed by atoms with Crippen molar-refractivity contribution in [3.05, 3.63) is 95.3 Å². The zero-order chi connectivity index (χ0) is 23.2. The van der Waals surface area contributed by atoms with Gasteiger partial charge in [-0.25, -0.2) is 18.0 Å². The van der Waals surface area contributed by atoms with E-state index in [-0.39, 0.29) is 18.1 Å². The molecule has 1 saturated heterocycles. The van der Waals surface area contributed by atoms with E-state index in [1.165, 1.54) is 45.8 Å². The highest BCUT2D eigenvalue weighted by molar-refractivity contribution is 8.01. The molecule has 0 aromatic heterocycles. The lowest BCUT2D eigenvalue weighted by molar-refractivity contribution is -0.123. The van der Waals surface area contributed by atoms with Crippen molar-refractivity contribution in [3.8, 4) is 0 Å². The molecule has 1 atom stereocenters. The van der Waals surface area contributed by atoms with Gasteiger partial charge in [0.15, 0.2) is 16.5 Å². The molecule has 1 N–H and O–H groups in total. The first-order valence-electron chi connectivity index (χ1n) is 10.2. The van der Waals surface area contributed by atoms with Gasteiger partial charge in [-0.3, -0.25) is 9.69 Å². The molecule has 5 rings (SSSR count). The molecule has 3 aromatic rings. The van der Waals surface area contributed by atoms with Gasteiger partial charge in [-0.2, -0.15) is 0 Å². The van der Waals surface area contributed by atoms with Crippen LogP contribution in [0.3, 0.4) is 0 Å². The first-order chi connectivity index (χ1) is 15.9. The summed E-state index contributed by atoms with van der Waals surface area (Å²) in [4.78, 5) is 28.7. The van der Waals surface area contributed by atoms with Gasteiger partial charge in [0, 0.05) is 23.5 Å². The number of hydrogen-bond donors (Lipinski definition) is 1. The molecule has 1 spiro atoms. The minimum atomic E-state index is -1.30. The number of para-hydroxylation sites is 1. The van der Waals surface area contributed by atoms with Gasteiger partial charge in [-0.15, -0.1) is 11.8 Å². The summed E-state index contributed by atoms with van der Waals surface area (Å²) in [6, 6.07) is 15.6. The summed E-state index contributed by atoms with van der Waals surface area (Å²) in [6.07, 6.45) is 0. The molecule has 2 heterocycles. The number of amides is 3. The molecule has 2 aliphatic heterocycles. The van der Waals surface area contributed by atoms with Crippen LogP contribution in [0.4, 0.5) is 29.3 Å². The third-order valence-electron chi connectivity index (χ3n) is 5.75. The number of rotatable bonds is 3. The Morgan fingerprint density at radius 3 is 2.61 bits per heavy atom. The first kappa shape index (κ1) is 21.4. The minimum absolute atomic E-state index is 0.0225. The number of anilines is 2. The molecule has 0 bridgehead atoms. The van der Waals surface area contributed by atoms with Crippen LogP contribution in [0.2, 0.25) is 0 Å². The summed E-state index contributed by atoms with van der Waals surface area (Å²) in [5, 5.41) is 2.68. The molecular weight excluding hydrogens is 451 g/mol. The Hall–Kier alpha value is -3.46. The predicted molar refractivity (Wildman–Crippen MR) is 120 cm³/mol. The van der Waals surface area contributed by atoms with E-state index in [4.69, 9.17) is 0 Å². The van der Waals surface area contributed by atoms with Crippen molar-refractivity contribution in [2.45, 2.75) is 11.4 Å². The number of nitrogens with zero attached hydrogens (tertiary/aromatic N) is 2. The Bertz CT molecular complexity index is 1270. The lowest BCUT2D eigenvalue weighted by atomic mass is 10.1. The van der Waals surface area contributed by atoms with Crippen LogP contribution in [-0.4, -0.2) is 29.1 Å². The zero-order valence-corrected chi connectivity index (χ0v) is 18.0. The third-order valence-corrected chi connectivity index (χ3v) is 7.17. The van der Waals surface area contributed by atoms with E-state index in [1.54, 1.807) is 30.3 Å². The molecule has 0 radical (unpaired) electrons. The fraction of sp³-hybridized carbons (Fsp3) is 0.167. The molecular formula is C24H18F3N3O2S. The van der Waals surface area contributed by atoms with Crippen LogP contribution in [0.25, 0.3) is 0 Å². The van der Waals surface area contributed by atoms with Crippen molar-refractivity contribution in [3.63, 3.8) is 0 Å². The van der Waals surface area contributed by atoms with Gasteiger partial charge in [0.2, 0.25) is 0 Å². The largest absolute Gasteiger partial charge is 0.323 e. The highest BCUT2D eigenvalue weighted by Gasteiger charge is 2.59. The van der Waals surface area contributed by atoms with Gasteiger partial charge in [-0.05, 0) is 42.0 Å². The molecule has 0 unspecified atom stereocenters. The van der Waals surface area contributed by atoms with E-state index in [1.807, 2.05) is 0 Å². The smallest absolute Gasteiger partial charge is 0.308 e. The van der Waals surface area contributed by atoms with E-state index >= 15 is 0 Å². The Kier molecular flexibility index (Phi) is 5.28. The summed E-state index contributed by atoms with van der Waals surface area (Å²) in [5.74, 6) is -2.26. The maximum Gasteiger partial charge on any atom is 0.323 e. The zero-order valence-electron chi connectivity index (χ0n) is 17.2. The molecule has 3 amide bonds. The fourth-order valence-electron chi connectivity index (χ4n) is 4.30. The lowest BCUT2D eigenvalue weighted by Crippen LogP contribution is -2.51. The minimum Gasteiger partial charge on any atom is -0.308 e. The van der Waals surface area contributed by atoms with Crippen LogP contribution < -0.4 is 10.2 Å². The summed E-state index contributed by atoms with van der Waals surface area (Å²) >= 11 is 1.34. The normalized spacial score (nSPS) is 19.3. The maximum atomic E-state index is 13.8. The van der Waals surface area contributed by atoms with Gasteiger partial charge in [-0.1, -0.05) is 30.3 Å². The average Bonchev–Trinajstić information content (AvgIpc) is 3.34. The number of halogens is 3. The molecule has 3 aromatic carbocycles. The quantitative estimate of drug-likeness (QED) is 0.582. The third kappa shape index (κ3) is 3.52. The highest BCUT2D eigenvalue weighted by Crippen LogP contribution is 2.54. The van der Waals surface area contributed by atoms with Gasteiger partial charge in [0.05, 0.1) is 12.2 Å². The number of nitrogens with one attached hydrogen (secondary N) is 1. The maximum absolute atomic E-state index is 13.8. The first-order valence-corrected chi connectivity index (χ1v) is 11.2. The second kappa shape index (κ2) is 8.15. The van der Waals surface area contributed by atoms with Crippen LogP contribution in [0, 0.1) is 17.5 Å². The molecule has 5 nitrogen and oxygen atoms in total. The number of carbonyl (C=O) groups excluding carboxylic acids is 2. The summed E-state index contributed by atoms with van der Waals surface area (Å²) < 4.78 is 40.7. The van der Waals surface area contributed by atoms with E-state index in [2.05, 4.69) is 5.32 Å². The van der Waals surface area contributed by atoms with E-state index in [9.17, 15) is 22.8 Å². The van der Waals surface area contributed by atoms with Gasteiger partial charge < -0.3 is 10.2 Å². The number of fused-ring (bicyclic) bond motifs is 2. The molecule has 9 heteroatoms. The van der Waals surface area contributed by atoms with Crippen molar-refractivity contribution < 1.29 is 22.8 Å². The molecule has 2 aliphatic rings. The van der Waals surface area contributed by atoms with Crippen LogP contribution in [-0.2, 0) is 16.2 Å². The summed E-state index contributed by atoms with van der Waals surface area (Å²) in [5.41, 5.74) is 1.96. The predicted octanol–water partition coefficient (Wildman–Crippen LogP) is 5.08. The standard InChI is InChI=1S/C24H18F3N3O2S/c25-16-4-3-5-17(13-16)28-23(32)30-10-11-33-24(30)18-6-1-2-7-21(18)29(22(24)31)14-15-8-9-19(26)20(27)12-15/h1-9,12-13H,10-11,14H2,(H,28,32)/t24-/m1/s1. The van der Waals surface area contributed by atoms with E-state index in [0.29, 0.717) is 29.1 Å². The summed E-state index contributed by atoms with van der Waals surface area (Å²) in [6.45, 7) is 0.333. The SMILES string of the molecule is O=C(Nc1cccc(F)c1)N1CCS[C@]12C(=O)N(Cc1ccc(F)c(F)c1)c1ccccc12. The molecule has 168 valence electrons. The Labute approximate surface area is 192 Å². The average molecular weight is 469 g/mol. The van der Waals surface area contributed by atoms with Crippen molar-refractivity contribution in [2.24, 2.45) is 0 Å². The van der Waals surface area contributed by atoms with Crippen molar-refractivity contribution in [1.29, 1.82) is 0 Å². The van der Waals surface area contributed by atoms with Gasteiger partial charge in [0.1, 0.15) is 5.82 Å². The number of urea groups is 1. The Balaban J connectivity index is 1.50. The Morgan fingerprint density at radius 2 is 1.82 bits per heavy atom. The van der Waals surface area contributed by atoms with Crippen LogP contribution in [0.1, 0.15) is 11.1 Å². The molecule has 0 aliphatic carbocycles. The Morgan fingerprint density at radius 1 is 1.00 bits per heavy atom. The van der Waals surface area contributed by atoms with Crippen molar-refractivity contribution >= 4 is 35.1 Å². The second-order valence-electron chi connectivity index (χ2n) is 7.74. The summed E-state index contributed by atoms with van der Waals surface area (Å²) in [7, 11) is 0. The molecule has 33 heavy (non-hydrogen) atoms. The lowest BCUT2D eigenvalue weighted by Gasteiger charge is -2.33. The highest BCUT2D eigenvalue weighted by atomic mass is 32.2. The van der Waals surface area contributed by atoms with Crippen molar-refractivity contribution in [1.82, 2.24) is 4.90 Å². The number of hydrogen-bond acceptors (Lipinski definition) is 3.